The summed E-state index contributed by atoms with van der Waals surface area (Å²) < 4.78 is 12.8. The molecule has 0 aliphatic heterocycles. The fourth-order valence-electron chi connectivity index (χ4n) is 2.26. The second-order valence-corrected chi connectivity index (χ2v) is 4.87. The van der Waals surface area contributed by atoms with Gasteiger partial charge in [-0.25, -0.2) is 4.39 Å². The minimum absolute atomic E-state index is 0.180. The van der Waals surface area contributed by atoms with E-state index in [0.717, 1.165) is 25.2 Å². The maximum absolute atomic E-state index is 12.8. The molecule has 3 heteroatoms. The van der Waals surface area contributed by atoms with Crippen molar-refractivity contribution in [3.63, 3.8) is 0 Å². The highest BCUT2D eigenvalue weighted by Gasteiger charge is 2.42. The summed E-state index contributed by atoms with van der Waals surface area (Å²) in [7, 11) is 2.06. The van der Waals surface area contributed by atoms with E-state index in [-0.39, 0.29) is 5.82 Å². The Kier molecular flexibility index (Phi) is 3.15. The van der Waals surface area contributed by atoms with Crippen LogP contribution < -0.4 is 10.6 Å². The van der Waals surface area contributed by atoms with Gasteiger partial charge in [-0.2, -0.15) is 0 Å². The van der Waals surface area contributed by atoms with Crippen molar-refractivity contribution in [1.29, 1.82) is 0 Å². The molecule has 2 nitrogen and oxygen atoms in total. The number of halogens is 1. The number of hydrogen-bond donors (Lipinski definition) is 1. The number of hydrogen-bond acceptors (Lipinski definition) is 2. The third kappa shape index (κ3) is 2.53. The van der Waals surface area contributed by atoms with E-state index in [4.69, 9.17) is 5.73 Å². The van der Waals surface area contributed by atoms with E-state index in [0.29, 0.717) is 5.41 Å². The van der Waals surface area contributed by atoms with Gasteiger partial charge in [0.25, 0.3) is 0 Å². The molecular weight excluding hydrogens is 203 g/mol. The van der Waals surface area contributed by atoms with Crippen LogP contribution in [0.3, 0.4) is 0 Å². The Morgan fingerprint density at radius 1 is 1.31 bits per heavy atom. The van der Waals surface area contributed by atoms with Crippen molar-refractivity contribution in [3.05, 3.63) is 30.1 Å². The SMILES string of the molecule is CN(CC1(CCN)CC1)c1ccc(F)cc1. The first-order valence-corrected chi connectivity index (χ1v) is 5.82. The number of benzene rings is 1. The number of nitrogens with two attached hydrogens (primary N) is 1. The van der Waals surface area contributed by atoms with Gasteiger partial charge in [-0.1, -0.05) is 0 Å². The third-order valence-electron chi connectivity index (χ3n) is 3.47. The number of anilines is 1. The van der Waals surface area contributed by atoms with E-state index >= 15 is 0 Å². The van der Waals surface area contributed by atoms with Crippen molar-refractivity contribution in [2.75, 3.05) is 25.0 Å². The average Bonchev–Trinajstić information content (AvgIpc) is 2.99. The molecule has 0 unspecified atom stereocenters. The molecule has 0 bridgehead atoms. The molecule has 0 aromatic heterocycles. The highest BCUT2D eigenvalue weighted by atomic mass is 19.1. The van der Waals surface area contributed by atoms with Crippen LogP contribution in [0.2, 0.25) is 0 Å². The molecule has 1 aliphatic rings. The first-order valence-electron chi connectivity index (χ1n) is 5.82. The van der Waals surface area contributed by atoms with Crippen molar-refractivity contribution >= 4 is 5.69 Å². The van der Waals surface area contributed by atoms with E-state index in [1.165, 1.54) is 25.0 Å². The molecule has 16 heavy (non-hydrogen) atoms. The van der Waals surface area contributed by atoms with Crippen molar-refractivity contribution in [2.24, 2.45) is 11.1 Å². The largest absolute Gasteiger partial charge is 0.374 e. The highest BCUT2D eigenvalue weighted by Crippen LogP contribution is 2.49. The van der Waals surface area contributed by atoms with Crippen LogP contribution in [0, 0.1) is 11.2 Å². The average molecular weight is 222 g/mol. The smallest absolute Gasteiger partial charge is 0.123 e. The van der Waals surface area contributed by atoms with Gasteiger partial charge in [-0.05, 0) is 55.5 Å². The number of rotatable bonds is 5. The Balaban J connectivity index is 1.97. The zero-order valence-electron chi connectivity index (χ0n) is 9.75. The predicted molar refractivity (Wildman–Crippen MR) is 65.0 cm³/mol. The van der Waals surface area contributed by atoms with Gasteiger partial charge < -0.3 is 10.6 Å². The van der Waals surface area contributed by atoms with Gasteiger partial charge >= 0.3 is 0 Å². The van der Waals surface area contributed by atoms with Gasteiger partial charge in [0.05, 0.1) is 0 Å². The summed E-state index contributed by atoms with van der Waals surface area (Å²) >= 11 is 0. The molecular formula is C13H19FN2. The van der Waals surface area contributed by atoms with Gasteiger partial charge in [0, 0.05) is 19.3 Å². The topological polar surface area (TPSA) is 29.3 Å². The molecule has 0 amide bonds. The highest BCUT2D eigenvalue weighted by molar-refractivity contribution is 5.45. The lowest BCUT2D eigenvalue weighted by Crippen LogP contribution is -2.28. The van der Waals surface area contributed by atoms with Crippen LogP contribution in [0.15, 0.2) is 24.3 Å². The second-order valence-electron chi connectivity index (χ2n) is 4.87. The lowest BCUT2D eigenvalue weighted by Gasteiger charge is -2.25. The Morgan fingerprint density at radius 2 is 1.94 bits per heavy atom. The first-order chi connectivity index (χ1) is 7.65. The van der Waals surface area contributed by atoms with Crippen molar-refractivity contribution in [3.8, 4) is 0 Å². The van der Waals surface area contributed by atoms with Crippen LogP contribution >= 0.6 is 0 Å². The van der Waals surface area contributed by atoms with Crippen molar-refractivity contribution < 1.29 is 4.39 Å². The summed E-state index contributed by atoms with van der Waals surface area (Å²) in [6, 6.07) is 6.67. The van der Waals surface area contributed by atoms with Gasteiger partial charge in [0.15, 0.2) is 0 Å². The lowest BCUT2D eigenvalue weighted by atomic mass is 10.0. The Hall–Kier alpha value is -1.09. The first kappa shape index (κ1) is 11.4. The van der Waals surface area contributed by atoms with Crippen LogP contribution in [0.1, 0.15) is 19.3 Å². The molecule has 0 saturated heterocycles. The minimum Gasteiger partial charge on any atom is -0.374 e. The normalized spacial score (nSPS) is 17.2. The van der Waals surface area contributed by atoms with E-state index in [1.54, 1.807) is 0 Å². The molecule has 1 aromatic rings. The lowest BCUT2D eigenvalue weighted by molar-refractivity contribution is 0.475. The second kappa shape index (κ2) is 4.42. The predicted octanol–water partition coefficient (Wildman–Crippen LogP) is 2.39. The summed E-state index contributed by atoms with van der Waals surface area (Å²) in [4.78, 5) is 2.20. The van der Waals surface area contributed by atoms with Crippen LogP contribution in [-0.4, -0.2) is 20.1 Å². The standard InChI is InChI=1S/C13H19FN2/c1-16(10-13(6-7-13)8-9-15)12-4-2-11(14)3-5-12/h2-5H,6-10,15H2,1H3. The Labute approximate surface area is 96.2 Å². The maximum atomic E-state index is 12.8. The van der Waals surface area contributed by atoms with Crippen LogP contribution in [0.5, 0.6) is 0 Å². The summed E-state index contributed by atoms with van der Waals surface area (Å²) in [5, 5.41) is 0. The van der Waals surface area contributed by atoms with Gasteiger partial charge in [0.2, 0.25) is 0 Å². The van der Waals surface area contributed by atoms with Crippen molar-refractivity contribution in [2.45, 2.75) is 19.3 Å². The Bertz CT molecular complexity index is 343. The van der Waals surface area contributed by atoms with Gasteiger partial charge in [-0.3, -0.25) is 0 Å². The summed E-state index contributed by atoms with van der Waals surface area (Å²) in [6.07, 6.45) is 3.64. The van der Waals surface area contributed by atoms with Gasteiger partial charge in [-0.15, -0.1) is 0 Å². The fourth-order valence-corrected chi connectivity index (χ4v) is 2.26. The zero-order chi connectivity index (χ0) is 11.6. The minimum atomic E-state index is -0.180. The van der Waals surface area contributed by atoms with Crippen molar-refractivity contribution in [1.82, 2.24) is 0 Å². The summed E-state index contributed by atoms with van der Waals surface area (Å²) in [5.74, 6) is -0.180. The zero-order valence-corrected chi connectivity index (χ0v) is 9.75. The van der Waals surface area contributed by atoms with Crippen LogP contribution in [0.25, 0.3) is 0 Å². The molecule has 0 radical (unpaired) electrons. The molecule has 0 atom stereocenters. The molecule has 0 spiro atoms. The van der Waals surface area contributed by atoms with Crippen LogP contribution in [0.4, 0.5) is 10.1 Å². The summed E-state index contributed by atoms with van der Waals surface area (Å²) in [5.41, 5.74) is 7.12. The van der Waals surface area contributed by atoms with E-state index in [9.17, 15) is 4.39 Å². The van der Waals surface area contributed by atoms with E-state index in [2.05, 4.69) is 11.9 Å². The monoisotopic (exact) mass is 222 g/mol. The molecule has 1 saturated carbocycles. The molecule has 2 rings (SSSR count). The summed E-state index contributed by atoms with van der Waals surface area (Å²) in [6.45, 7) is 1.78. The molecule has 2 N–H and O–H groups in total. The maximum Gasteiger partial charge on any atom is 0.123 e. The molecule has 1 aromatic carbocycles. The van der Waals surface area contributed by atoms with Gasteiger partial charge in [0.1, 0.15) is 5.82 Å². The van der Waals surface area contributed by atoms with E-state index < -0.39 is 0 Å². The molecule has 88 valence electrons. The van der Waals surface area contributed by atoms with E-state index in [1.807, 2.05) is 12.1 Å². The molecule has 1 fully saturated rings. The fraction of sp³-hybridized carbons (Fsp3) is 0.538. The van der Waals surface area contributed by atoms with Crippen LogP contribution in [-0.2, 0) is 0 Å². The third-order valence-corrected chi connectivity index (χ3v) is 3.47. The Morgan fingerprint density at radius 3 is 2.44 bits per heavy atom. The number of nitrogens with zero attached hydrogens (tertiary/aromatic N) is 1. The quantitative estimate of drug-likeness (QED) is 0.829. The molecule has 0 heterocycles. The molecule has 1 aliphatic carbocycles.